The smallest absolute Gasteiger partial charge is 0.174 e. The van der Waals surface area contributed by atoms with Crippen LogP contribution in [0.5, 0.6) is 0 Å². The molecule has 0 aliphatic heterocycles. The zero-order chi connectivity index (χ0) is 9.84. The lowest BCUT2D eigenvalue weighted by Crippen LogP contribution is -1.97. The molecule has 0 fully saturated rings. The van der Waals surface area contributed by atoms with Crippen LogP contribution in [0.2, 0.25) is 5.02 Å². The molecule has 1 aromatic carbocycles. The average molecular weight is 193 g/mol. The number of aryl methyl sites for hydroxylation is 1. The molecule has 0 bridgehead atoms. The molecule has 0 aliphatic carbocycles. The van der Waals surface area contributed by atoms with Gasteiger partial charge in [-0.3, -0.25) is 4.79 Å². The molecule has 0 radical (unpaired) electrons. The summed E-state index contributed by atoms with van der Waals surface area (Å²) in [5, 5.41) is 0.600. The minimum absolute atomic E-state index is 0.0654. The van der Waals surface area contributed by atoms with Gasteiger partial charge in [-0.05, 0) is 18.6 Å². The van der Waals surface area contributed by atoms with Crippen LogP contribution in [0.25, 0.3) is 0 Å². The van der Waals surface area contributed by atoms with Crippen LogP contribution < -0.4 is 0 Å². The number of rotatable bonds is 2. The van der Waals surface area contributed by atoms with Crippen molar-refractivity contribution < 1.29 is 4.79 Å². The minimum Gasteiger partial charge on any atom is -0.293 e. The summed E-state index contributed by atoms with van der Waals surface area (Å²) < 4.78 is 0. The van der Waals surface area contributed by atoms with Crippen molar-refractivity contribution in [2.45, 2.75) is 13.3 Å². The van der Waals surface area contributed by atoms with E-state index in [0.29, 0.717) is 10.6 Å². The van der Waals surface area contributed by atoms with Crippen molar-refractivity contribution in [3.8, 4) is 12.3 Å². The minimum atomic E-state index is -0.0654. The fourth-order valence-electron chi connectivity index (χ4n) is 0.961. The molecule has 0 saturated heterocycles. The van der Waals surface area contributed by atoms with Crippen molar-refractivity contribution in [2.75, 3.05) is 0 Å². The van der Waals surface area contributed by atoms with Crippen LogP contribution in [-0.4, -0.2) is 5.78 Å². The van der Waals surface area contributed by atoms with Gasteiger partial charge < -0.3 is 0 Å². The second-order valence-electron chi connectivity index (χ2n) is 2.77. The standard InChI is InChI=1S/C11H9ClO/c1-3-4-11(13)9-6-5-8(2)10(12)7-9/h1,5-7H,4H2,2H3. The highest BCUT2D eigenvalue weighted by molar-refractivity contribution is 6.31. The summed E-state index contributed by atoms with van der Waals surface area (Å²) in [6.07, 6.45) is 5.16. The van der Waals surface area contributed by atoms with Crippen LogP contribution in [0.15, 0.2) is 18.2 Å². The number of hydrogen-bond donors (Lipinski definition) is 0. The van der Waals surface area contributed by atoms with E-state index in [4.69, 9.17) is 18.0 Å². The van der Waals surface area contributed by atoms with Crippen molar-refractivity contribution in [2.24, 2.45) is 0 Å². The third-order valence-corrected chi connectivity index (χ3v) is 2.16. The molecule has 0 N–H and O–H groups in total. The van der Waals surface area contributed by atoms with Gasteiger partial charge in [0.15, 0.2) is 5.78 Å². The van der Waals surface area contributed by atoms with E-state index in [2.05, 4.69) is 5.92 Å². The first-order valence-electron chi connectivity index (χ1n) is 3.88. The largest absolute Gasteiger partial charge is 0.293 e. The second-order valence-corrected chi connectivity index (χ2v) is 3.18. The fourth-order valence-corrected chi connectivity index (χ4v) is 1.14. The molecule has 0 unspecified atom stereocenters. The summed E-state index contributed by atoms with van der Waals surface area (Å²) in [6.45, 7) is 1.89. The maximum atomic E-state index is 11.3. The van der Waals surface area contributed by atoms with E-state index >= 15 is 0 Å². The summed E-state index contributed by atoms with van der Waals surface area (Å²) in [5.41, 5.74) is 1.53. The van der Waals surface area contributed by atoms with Gasteiger partial charge in [0.25, 0.3) is 0 Å². The highest BCUT2D eigenvalue weighted by Gasteiger charge is 2.05. The molecule has 66 valence electrons. The van der Waals surface area contributed by atoms with E-state index in [1.165, 1.54) is 0 Å². The molecule has 0 saturated carbocycles. The zero-order valence-corrected chi connectivity index (χ0v) is 8.06. The Morgan fingerprint density at radius 3 is 2.85 bits per heavy atom. The molecule has 1 rings (SSSR count). The molecule has 0 aromatic heterocycles. The van der Waals surface area contributed by atoms with Crippen LogP contribution >= 0.6 is 11.6 Å². The topological polar surface area (TPSA) is 17.1 Å². The van der Waals surface area contributed by atoms with Gasteiger partial charge in [0, 0.05) is 10.6 Å². The summed E-state index contributed by atoms with van der Waals surface area (Å²) in [6, 6.07) is 5.20. The molecule has 2 heteroatoms. The third kappa shape index (κ3) is 2.34. The van der Waals surface area contributed by atoms with Gasteiger partial charge in [-0.25, -0.2) is 0 Å². The van der Waals surface area contributed by atoms with E-state index in [1.54, 1.807) is 12.1 Å². The quantitative estimate of drug-likeness (QED) is 0.520. The van der Waals surface area contributed by atoms with Crippen molar-refractivity contribution in [1.29, 1.82) is 0 Å². The SMILES string of the molecule is C#CCC(=O)c1ccc(C)c(Cl)c1. The second kappa shape index (κ2) is 4.11. The van der Waals surface area contributed by atoms with Gasteiger partial charge in [0.05, 0.1) is 6.42 Å². The van der Waals surface area contributed by atoms with Crippen LogP contribution in [0.4, 0.5) is 0 Å². The molecular formula is C11H9ClO. The van der Waals surface area contributed by atoms with E-state index < -0.39 is 0 Å². The fraction of sp³-hybridized carbons (Fsp3) is 0.182. The third-order valence-electron chi connectivity index (χ3n) is 1.76. The number of carbonyl (C=O) groups excluding carboxylic acids is 1. The van der Waals surface area contributed by atoms with E-state index in [-0.39, 0.29) is 12.2 Å². The molecule has 13 heavy (non-hydrogen) atoms. The number of Topliss-reactive ketones (excluding diaryl/α,β-unsaturated/α-hetero) is 1. The van der Waals surface area contributed by atoms with Crippen molar-refractivity contribution in [3.05, 3.63) is 34.3 Å². The Bertz CT molecular complexity index is 374. The van der Waals surface area contributed by atoms with Crippen LogP contribution in [0.3, 0.4) is 0 Å². The Kier molecular flexibility index (Phi) is 3.11. The van der Waals surface area contributed by atoms with Crippen molar-refractivity contribution >= 4 is 17.4 Å². The van der Waals surface area contributed by atoms with Gasteiger partial charge in [0.2, 0.25) is 0 Å². The summed E-state index contributed by atoms with van der Waals surface area (Å²) in [4.78, 5) is 11.3. The molecule has 0 spiro atoms. The van der Waals surface area contributed by atoms with Crippen LogP contribution in [-0.2, 0) is 0 Å². The molecule has 1 aromatic rings. The van der Waals surface area contributed by atoms with Gasteiger partial charge in [-0.1, -0.05) is 29.7 Å². The normalized spacial score (nSPS) is 9.31. The molecule has 1 nitrogen and oxygen atoms in total. The average Bonchev–Trinajstić information content (AvgIpc) is 2.10. The maximum Gasteiger partial charge on any atom is 0.174 e. The zero-order valence-electron chi connectivity index (χ0n) is 7.30. The van der Waals surface area contributed by atoms with Gasteiger partial charge in [-0.2, -0.15) is 0 Å². The van der Waals surface area contributed by atoms with Crippen LogP contribution in [0.1, 0.15) is 22.3 Å². The Morgan fingerprint density at radius 2 is 2.31 bits per heavy atom. The molecule has 0 atom stereocenters. The highest BCUT2D eigenvalue weighted by Crippen LogP contribution is 2.17. The Labute approximate surface area is 82.7 Å². The number of benzene rings is 1. The number of hydrogen-bond acceptors (Lipinski definition) is 1. The van der Waals surface area contributed by atoms with E-state index in [1.807, 2.05) is 13.0 Å². The first kappa shape index (κ1) is 9.83. The Hall–Kier alpha value is -1.26. The number of carbonyl (C=O) groups is 1. The first-order chi connectivity index (χ1) is 6.15. The van der Waals surface area contributed by atoms with Crippen molar-refractivity contribution in [1.82, 2.24) is 0 Å². The monoisotopic (exact) mass is 192 g/mol. The lowest BCUT2D eigenvalue weighted by atomic mass is 10.1. The maximum absolute atomic E-state index is 11.3. The molecular weight excluding hydrogens is 184 g/mol. The number of terminal acetylenes is 1. The number of ketones is 1. The Balaban J connectivity index is 2.98. The van der Waals surface area contributed by atoms with Crippen molar-refractivity contribution in [3.63, 3.8) is 0 Å². The predicted octanol–water partition coefficient (Wildman–Crippen LogP) is 2.85. The van der Waals surface area contributed by atoms with Gasteiger partial charge in [0.1, 0.15) is 0 Å². The van der Waals surface area contributed by atoms with Gasteiger partial charge in [-0.15, -0.1) is 6.42 Å². The van der Waals surface area contributed by atoms with E-state index in [9.17, 15) is 4.79 Å². The number of halogens is 1. The van der Waals surface area contributed by atoms with E-state index in [0.717, 1.165) is 5.56 Å². The molecule has 0 amide bonds. The first-order valence-corrected chi connectivity index (χ1v) is 4.25. The summed E-state index contributed by atoms with van der Waals surface area (Å²) in [7, 11) is 0. The highest BCUT2D eigenvalue weighted by atomic mass is 35.5. The summed E-state index contributed by atoms with van der Waals surface area (Å²) >= 11 is 5.85. The molecule has 0 aliphatic rings. The lowest BCUT2D eigenvalue weighted by molar-refractivity contribution is 0.0998. The summed E-state index contributed by atoms with van der Waals surface area (Å²) in [5.74, 6) is 2.24. The molecule has 0 heterocycles. The predicted molar refractivity (Wildman–Crippen MR) is 54.0 cm³/mol. The van der Waals surface area contributed by atoms with Gasteiger partial charge >= 0.3 is 0 Å². The Morgan fingerprint density at radius 1 is 1.62 bits per heavy atom. The van der Waals surface area contributed by atoms with Crippen LogP contribution in [0, 0.1) is 19.3 Å². The lowest BCUT2D eigenvalue weighted by Gasteiger charge is -2.00.